The van der Waals surface area contributed by atoms with Gasteiger partial charge in [0.1, 0.15) is 30.7 Å². The molecule has 9 rings (SSSR count). The van der Waals surface area contributed by atoms with Gasteiger partial charge in [0.2, 0.25) is 0 Å². The Balaban J connectivity index is 0.000000143. The molecule has 0 amide bonds. The molecule has 63 heavy (non-hydrogen) atoms. The zero-order valence-corrected chi connectivity index (χ0v) is 42.2. The van der Waals surface area contributed by atoms with Gasteiger partial charge in [0, 0.05) is 58.8 Å². The number of fused-ring (bicyclic) bond motifs is 2. The minimum atomic E-state index is -1.59. The highest BCUT2D eigenvalue weighted by Crippen LogP contribution is 2.39. The summed E-state index contributed by atoms with van der Waals surface area (Å²) >= 11 is 6.89. The maximum Gasteiger partial charge on any atom is 0.550 e. The minimum Gasteiger partial charge on any atom is -0.392 e. The van der Waals surface area contributed by atoms with E-state index in [2.05, 4.69) is 121 Å². The molecule has 6 aromatic rings. The van der Waals surface area contributed by atoms with E-state index in [-0.39, 0.29) is 23.4 Å². The molecule has 6 aromatic heterocycles. The number of anilines is 2. The van der Waals surface area contributed by atoms with E-state index >= 15 is 0 Å². The topological polar surface area (TPSA) is 120 Å². The molecule has 328 valence electrons. The van der Waals surface area contributed by atoms with Gasteiger partial charge in [-0.1, -0.05) is 71.3 Å². The van der Waals surface area contributed by atoms with Crippen LogP contribution >= 0.6 is 38.6 Å². The maximum atomic E-state index is 5.90. The monoisotopic (exact) mass is 960 g/mol. The summed E-state index contributed by atoms with van der Waals surface area (Å²) in [6.45, 7) is 19.6. The molecule has 15 heteroatoms. The number of thiophene rings is 2. The lowest BCUT2D eigenvalue weighted by molar-refractivity contribution is 0.00578. The fourth-order valence-corrected chi connectivity index (χ4v) is 10.5. The molecule has 3 aliphatic rings. The number of halogens is 1. The summed E-state index contributed by atoms with van der Waals surface area (Å²) in [5.74, 6) is 9.23. The van der Waals surface area contributed by atoms with Crippen LogP contribution in [-0.4, -0.2) is 68.4 Å². The zero-order chi connectivity index (χ0) is 45.0. The number of nitrogens with zero attached hydrogens (tertiary/aromatic N) is 6. The summed E-state index contributed by atoms with van der Waals surface area (Å²) in [6.07, 6.45) is 22.7. The van der Waals surface area contributed by atoms with Crippen LogP contribution in [0.25, 0.3) is 43.2 Å². The molecule has 2 aliphatic carbocycles. The Hall–Kier alpha value is -4.22. The minimum absolute atomic E-state index is 0.268. The molecule has 10 nitrogen and oxygen atoms in total. The van der Waals surface area contributed by atoms with Crippen LogP contribution in [0.4, 0.5) is 11.6 Å². The van der Waals surface area contributed by atoms with Gasteiger partial charge in [-0.05, 0) is 98.6 Å². The van der Waals surface area contributed by atoms with Gasteiger partial charge in [0.05, 0.1) is 30.6 Å². The smallest absolute Gasteiger partial charge is 0.392 e. The van der Waals surface area contributed by atoms with Crippen molar-refractivity contribution in [2.45, 2.75) is 141 Å². The highest BCUT2D eigenvalue weighted by atomic mass is 79.9. The van der Waals surface area contributed by atoms with Crippen LogP contribution in [0.2, 0.25) is 18.1 Å². The first-order chi connectivity index (χ1) is 29.9. The maximum absolute atomic E-state index is 5.90. The van der Waals surface area contributed by atoms with Gasteiger partial charge in [-0.15, -0.1) is 34.6 Å². The molecule has 1 aliphatic heterocycles. The van der Waals surface area contributed by atoms with Gasteiger partial charge < -0.3 is 19.9 Å². The predicted molar refractivity (Wildman–Crippen MR) is 270 cm³/mol. The molecule has 1 saturated heterocycles. The molecule has 0 atom stereocenters. The predicted octanol–water partition coefficient (Wildman–Crippen LogP) is 12.6. The van der Waals surface area contributed by atoms with Crippen molar-refractivity contribution in [1.82, 2.24) is 29.9 Å². The summed E-state index contributed by atoms with van der Waals surface area (Å²) < 4.78 is 15.0. The van der Waals surface area contributed by atoms with Crippen LogP contribution in [0.5, 0.6) is 0 Å². The van der Waals surface area contributed by atoms with Crippen molar-refractivity contribution < 1.29 is 9.31 Å². The molecule has 0 radical (unpaired) electrons. The van der Waals surface area contributed by atoms with Gasteiger partial charge in [0.15, 0.2) is 11.6 Å². The quantitative estimate of drug-likeness (QED) is 0.123. The molecule has 7 heterocycles. The van der Waals surface area contributed by atoms with Gasteiger partial charge >= 0.3 is 7.12 Å². The fourth-order valence-electron chi connectivity index (χ4n) is 7.22. The summed E-state index contributed by atoms with van der Waals surface area (Å²) in [7, 11) is -1.97. The van der Waals surface area contributed by atoms with E-state index in [4.69, 9.17) is 35.7 Å². The second-order valence-corrected chi connectivity index (χ2v) is 26.6. The zero-order valence-electron chi connectivity index (χ0n) is 37.9. The van der Waals surface area contributed by atoms with E-state index in [0.717, 1.165) is 59.1 Å². The van der Waals surface area contributed by atoms with Crippen LogP contribution in [0.1, 0.15) is 105 Å². The van der Waals surface area contributed by atoms with Gasteiger partial charge in [-0.25, -0.2) is 19.9 Å². The molecule has 0 spiro atoms. The fraction of sp³-hybridized carbons (Fsp3) is 0.458. The number of rotatable bonds is 6. The average Bonchev–Trinajstić information content (AvgIpc) is 4.11. The van der Waals surface area contributed by atoms with Crippen LogP contribution in [0.3, 0.4) is 0 Å². The number of aromatic nitrogens is 6. The second kappa shape index (κ2) is 19.5. The molecule has 2 saturated carbocycles. The van der Waals surface area contributed by atoms with Crippen LogP contribution in [-0.2, 0) is 9.31 Å². The van der Waals surface area contributed by atoms with Gasteiger partial charge in [0.25, 0.3) is 0 Å². The SMILES string of the molecule is Brc1csc2c(NC3CCCC3)nc(-c3ccncc3)nc12.C#Cc1csc2c(NC3CCCC3)nc(-c3ccncc3)nc12.CC1(C)OB(C#C[Si](C)(C)C(C)(C)C)OC1(C)C. The number of pyridine rings is 2. The lowest BCUT2D eigenvalue weighted by Crippen LogP contribution is -2.41. The van der Waals surface area contributed by atoms with E-state index in [9.17, 15) is 0 Å². The van der Waals surface area contributed by atoms with Crippen LogP contribution in [0.15, 0.2) is 64.3 Å². The summed E-state index contributed by atoms with van der Waals surface area (Å²) in [6, 6.07) is 8.76. The van der Waals surface area contributed by atoms with Crippen molar-refractivity contribution in [2.24, 2.45) is 0 Å². The molecule has 2 N–H and O–H groups in total. The number of terminal acetylenes is 1. The number of hydrogen-bond acceptors (Lipinski definition) is 12. The lowest BCUT2D eigenvalue weighted by Gasteiger charge is -2.32. The van der Waals surface area contributed by atoms with Crippen molar-refractivity contribution >= 4 is 85.9 Å². The first kappa shape index (κ1) is 46.8. The van der Waals surface area contributed by atoms with Gasteiger partial charge in [-0.2, -0.15) is 0 Å². The third-order valence-corrected chi connectivity index (χ3v) is 20.2. The average molecular weight is 962 g/mol. The van der Waals surface area contributed by atoms with E-state index < -0.39 is 8.07 Å². The van der Waals surface area contributed by atoms with Crippen LogP contribution < -0.4 is 10.6 Å². The summed E-state index contributed by atoms with van der Waals surface area (Å²) in [5.41, 5.74) is 7.48. The molecule has 0 aromatic carbocycles. The van der Waals surface area contributed by atoms with Crippen molar-refractivity contribution in [1.29, 1.82) is 0 Å². The van der Waals surface area contributed by atoms with E-state index in [1.807, 2.05) is 29.6 Å². The van der Waals surface area contributed by atoms with Crippen molar-refractivity contribution in [3.63, 3.8) is 0 Å². The summed E-state index contributed by atoms with van der Waals surface area (Å²) in [4.78, 5) is 27.1. The Labute approximate surface area is 391 Å². The Kier molecular flexibility index (Phi) is 14.5. The third kappa shape index (κ3) is 11.0. The number of hydrogen-bond donors (Lipinski definition) is 2. The molecular weight excluding hydrogens is 904 g/mol. The standard InChI is InChI=1S/C18H16N4S.C16H15BrN4S.C14H27BO2Si/c1-2-12-11-23-16-15(12)21-17(13-7-9-19-10-8-13)22-18(16)20-14-5-3-4-6-14;17-12-9-22-14-13(12)20-15(10-5-7-18-8-6-10)21-16(14)19-11-3-1-2-4-11;1-12(2,3)18(8,9)11-10-15-16-13(4,5)14(6,7)17-15/h1,7-11,14H,3-6H2,(H,20,21,22);5-9,11H,1-4H2,(H,19,20,21);1-9H3. The first-order valence-corrected chi connectivity index (χ1v) is 27.4. The highest BCUT2D eigenvalue weighted by Gasteiger charge is 2.51. The van der Waals surface area contributed by atoms with E-state index in [1.54, 1.807) is 47.5 Å². The van der Waals surface area contributed by atoms with Crippen LogP contribution in [0, 0.1) is 23.7 Å². The second-order valence-electron chi connectivity index (χ2n) is 19.0. The Bertz CT molecular complexity index is 2610. The Morgan fingerprint density at radius 3 is 1.63 bits per heavy atom. The first-order valence-electron chi connectivity index (χ1n) is 21.9. The lowest BCUT2D eigenvalue weighted by atomic mass is 9.90. The van der Waals surface area contributed by atoms with Crippen molar-refractivity contribution in [3.05, 3.63) is 69.8 Å². The summed E-state index contributed by atoms with van der Waals surface area (Å²) in [5, 5.41) is 11.6. The molecule has 3 fully saturated rings. The normalized spacial score (nSPS) is 17.3. The van der Waals surface area contributed by atoms with Crippen molar-refractivity contribution in [2.75, 3.05) is 10.6 Å². The Morgan fingerprint density at radius 1 is 0.730 bits per heavy atom. The largest absolute Gasteiger partial charge is 0.550 e. The number of nitrogens with one attached hydrogen (secondary N) is 2. The highest BCUT2D eigenvalue weighted by molar-refractivity contribution is 9.10. The van der Waals surface area contributed by atoms with Gasteiger partial charge in [-0.3, -0.25) is 9.97 Å². The van der Waals surface area contributed by atoms with Crippen molar-refractivity contribution in [3.8, 4) is 46.5 Å². The molecular formula is C48H58BBrN8O2S2Si. The Morgan fingerprint density at radius 2 is 1.17 bits per heavy atom. The molecule has 0 bridgehead atoms. The third-order valence-electron chi connectivity index (χ3n) is 12.8. The molecule has 0 unspecified atom stereocenters. The van der Waals surface area contributed by atoms with E-state index in [1.165, 1.54) is 51.4 Å². The van der Waals surface area contributed by atoms with E-state index in [0.29, 0.717) is 17.9 Å².